The molecule has 1 aromatic carbocycles. The van der Waals surface area contributed by atoms with E-state index in [0.29, 0.717) is 0 Å². The maximum atomic E-state index is 13.5. The van der Waals surface area contributed by atoms with Crippen LogP contribution in [-0.2, 0) is 0 Å². The SMILES string of the molecule is Cc1ccc(F)c(C(=O)NC(C)CO)c1F. The summed E-state index contributed by atoms with van der Waals surface area (Å²) in [6.45, 7) is 2.69. The number of carbonyl (C=O) groups is 1. The number of nitrogens with one attached hydrogen (secondary N) is 1. The van der Waals surface area contributed by atoms with Crippen LogP contribution in [0.4, 0.5) is 8.78 Å². The molecule has 0 aromatic heterocycles. The van der Waals surface area contributed by atoms with Gasteiger partial charge in [-0.15, -0.1) is 0 Å². The average molecular weight is 229 g/mol. The number of rotatable bonds is 3. The van der Waals surface area contributed by atoms with E-state index in [1.165, 1.54) is 19.9 Å². The first-order valence-corrected chi connectivity index (χ1v) is 4.83. The van der Waals surface area contributed by atoms with Crippen molar-refractivity contribution >= 4 is 5.91 Å². The monoisotopic (exact) mass is 229 g/mol. The number of hydrogen-bond acceptors (Lipinski definition) is 2. The largest absolute Gasteiger partial charge is 0.394 e. The van der Waals surface area contributed by atoms with Gasteiger partial charge in [-0.25, -0.2) is 8.78 Å². The molecular formula is C11H13F2NO2. The Hall–Kier alpha value is -1.49. The number of aliphatic hydroxyl groups excluding tert-OH is 1. The maximum Gasteiger partial charge on any atom is 0.257 e. The van der Waals surface area contributed by atoms with Gasteiger partial charge >= 0.3 is 0 Å². The summed E-state index contributed by atoms with van der Waals surface area (Å²) in [6.07, 6.45) is 0. The molecule has 0 radical (unpaired) electrons. The number of aryl methyl sites for hydroxylation is 1. The molecule has 0 bridgehead atoms. The minimum absolute atomic E-state index is 0.197. The number of benzene rings is 1. The quantitative estimate of drug-likeness (QED) is 0.822. The summed E-state index contributed by atoms with van der Waals surface area (Å²) in [5, 5.41) is 11.0. The number of aliphatic hydroxyl groups is 1. The second-order valence-corrected chi connectivity index (χ2v) is 3.61. The second-order valence-electron chi connectivity index (χ2n) is 3.61. The Kier molecular flexibility index (Phi) is 3.95. The van der Waals surface area contributed by atoms with Crippen molar-refractivity contribution in [3.8, 4) is 0 Å². The predicted molar refractivity (Wildman–Crippen MR) is 55.1 cm³/mol. The predicted octanol–water partition coefficient (Wildman–Crippen LogP) is 1.38. The van der Waals surface area contributed by atoms with Gasteiger partial charge in [0.2, 0.25) is 0 Å². The molecule has 0 aliphatic carbocycles. The first-order valence-electron chi connectivity index (χ1n) is 4.83. The fourth-order valence-electron chi connectivity index (χ4n) is 1.21. The van der Waals surface area contributed by atoms with Crippen LogP contribution in [0.2, 0.25) is 0 Å². The molecule has 1 amide bonds. The Labute approximate surface area is 92.1 Å². The molecule has 88 valence electrons. The van der Waals surface area contributed by atoms with Gasteiger partial charge in [0, 0.05) is 6.04 Å². The first-order chi connectivity index (χ1) is 7.47. The van der Waals surface area contributed by atoms with Crippen molar-refractivity contribution in [1.82, 2.24) is 5.32 Å². The lowest BCUT2D eigenvalue weighted by Gasteiger charge is -2.12. The number of carbonyl (C=O) groups excluding carboxylic acids is 1. The Morgan fingerprint density at radius 3 is 2.69 bits per heavy atom. The van der Waals surface area contributed by atoms with Gasteiger partial charge in [0.25, 0.3) is 5.91 Å². The Morgan fingerprint density at radius 1 is 1.50 bits per heavy atom. The second kappa shape index (κ2) is 5.03. The highest BCUT2D eigenvalue weighted by Crippen LogP contribution is 2.16. The van der Waals surface area contributed by atoms with Gasteiger partial charge in [0.05, 0.1) is 6.61 Å². The molecule has 1 rings (SSSR count). The van der Waals surface area contributed by atoms with Gasteiger partial charge in [-0.2, -0.15) is 0 Å². The molecule has 0 saturated heterocycles. The van der Waals surface area contributed by atoms with Crippen LogP contribution in [0.15, 0.2) is 12.1 Å². The molecule has 1 unspecified atom stereocenters. The maximum absolute atomic E-state index is 13.5. The molecule has 1 atom stereocenters. The third-order valence-electron chi connectivity index (χ3n) is 2.16. The molecule has 0 saturated carbocycles. The highest BCUT2D eigenvalue weighted by atomic mass is 19.1. The standard InChI is InChI=1S/C11H13F2NO2/c1-6-3-4-8(12)9(10(6)13)11(16)14-7(2)5-15/h3-4,7,15H,5H2,1-2H3,(H,14,16). The van der Waals surface area contributed by atoms with Gasteiger partial charge in [-0.1, -0.05) is 6.07 Å². The van der Waals surface area contributed by atoms with E-state index in [0.717, 1.165) is 6.07 Å². The fourth-order valence-corrected chi connectivity index (χ4v) is 1.21. The van der Waals surface area contributed by atoms with E-state index in [9.17, 15) is 13.6 Å². The smallest absolute Gasteiger partial charge is 0.257 e. The van der Waals surface area contributed by atoms with Crippen molar-refractivity contribution in [2.24, 2.45) is 0 Å². The summed E-state index contributed by atoms with van der Waals surface area (Å²) in [6, 6.07) is 1.75. The van der Waals surface area contributed by atoms with Gasteiger partial charge < -0.3 is 10.4 Å². The van der Waals surface area contributed by atoms with E-state index >= 15 is 0 Å². The minimum atomic E-state index is -0.911. The third kappa shape index (κ3) is 2.55. The van der Waals surface area contributed by atoms with Crippen LogP contribution in [0.3, 0.4) is 0 Å². The van der Waals surface area contributed by atoms with Crippen LogP contribution < -0.4 is 5.32 Å². The highest BCUT2D eigenvalue weighted by molar-refractivity contribution is 5.95. The Morgan fingerprint density at radius 2 is 2.12 bits per heavy atom. The van der Waals surface area contributed by atoms with E-state index < -0.39 is 29.1 Å². The average Bonchev–Trinajstić information content (AvgIpc) is 2.24. The van der Waals surface area contributed by atoms with Gasteiger partial charge in [-0.3, -0.25) is 4.79 Å². The molecule has 0 aliphatic rings. The van der Waals surface area contributed by atoms with Crippen molar-refractivity contribution in [3.63, 3.8) is 0 Å². The zero-order valence-electron chi connectivity index (χ0n) is 9.05. The summed E-state index contributed by atoms with van der Waals surface area (Å²) in [5.74, 6) is -2.64. The van der Waals surface area contributed by atoms with Gasteiger partial charge in [0.15, 0.2) is 0 Å². The lowest BCUT2D eigenvalue weighted by atomic mass is 10.1. The van der Waals surface area contributed by atoms with Crippen molar-refractivity contribution in [2.45, 2.75) is 19.9 Å². The number of hydrogen-bond donors (Lipinski definition) is 2. The van der Waals surface area contributed by atoms with Crippen molar-refractivity contribution in [1.29, 1.82) is 0 Å². The minimum Gasteiger partial charge on any atom is -0.394 e. The Bertz CT molecular complexity index is 407. The van der Waals surface area contributed by atoms with Crippen LogP contribution in [-0.4, -0.2) is 23.7 Å². The number of amides is 1. The normalized spacial score (nSPS) is 12.3. The molecule has 2 N–H and O–H groups in total. The van der Waals surface area contributed by atoms with E-state index in [-0.39, 0.29) is 12.2 Å². The van der Waals surface area contributed by atoms with Crippen LogP contribution >= 0.6 is 0 Å². The molecule has 5 heteroatoms. The zero-order chi connectivity index (χ0) is 12.3. The topological polar surface area (TPSA) is 49.3 Å². The van der Waals surface area contributed by atoms with Crippen LogP contribution in [0.5, 0.6) is 0 Å². The van der Waals surface area contributed by atoms with E-state index in [4.69, 9.17) is 5.11 Å². The van der Waals surface area contributed by atoms with Crippen molar-refractivity contribution < 1.29 is 18.7 Å². The molecule has 0 heterocycles. The van der Waals surface area contributed by atoms with Gasteiger partial charge in [-0.05, 0) is 25.5 Å². The van der Waals surface area contributed by atoms with Crippen LogP contribution in [0, 0.1) is 18.6 Å². The summed E-state index contributed by atoms with van der Waals surface area (Å²) < 4.78 is 26.8. The molecular weight excluding hydrogens is 216 g/mol. The van der Waals surface area contributed by atoms with Crippen LogP contribution in [0.1, 0.15) is 22.8 Å². The Balaban J connectivity index is 3.03. The zero-order valence-corrected chi connectivity index (χ0v) is 9.05. The molecule has 0 spiro atoms. The summed E-state index contributed by atoms with van der Waals surface area (Å²) in [5.41, 5.74) is -0.413. The van der Waals surface area contributed by atoms with Crippen LogP contribution in [0.25, 0.3) is 0 Å². The van der Waals surface area contributed by atoms with E-state index in [1.807, 2.05) is 0 Å². The van der Waals surface area contributed by atoms with Crippen molar-refractivity contribution in [2.75, 3.05) is 6.61 Å². The molecule has 1 aromatic rings. The lowest BCUT2D eigenvalue weighted by molar-refractivity contribution is 0.0913. The lowest BCUT2D eigenvalue weighted by Crippen LogP contribution is -2.36. The summed E-state index contributed by atoms with van der Waals surface area (Å²) in [7, 11) is 0. The molecule has 0 fully saturated rings. The van der Waals surface area contributed by atoms with E-state index in [1.54, 1.807) is 0 Å². The summed E-state index contributed by atoms with van der Waals surface area (Å²) >= 11 is 0. The summed E-state index contributed by atoms with van der Waals surface area (Å²) in [4.78, 5) is 11.5. The molecule has 0 aliphatic heterocycles. The first kappa shape index (κ1) is 12.6. The fraction of sp³-hybridized carbons (Fsp3) is 0.364. The van der Waals surface area contributed by atoms with Gasteiger partial charge in [0.1, 0.15) is 17.2 Å². The van der Waals surface area contributed by atoms with E-state index in [2.05, 4.69) is 5.32 Å². The third-order valence-corrected chi connectivity index (χ3v) is 2.16. The molecule has 3 nitrogen and oxygen atoms in total. The number of halogens is 2. The molecule has 16 heavy (non-hydrogen) atoms. The highest BCUT2D eigenvalue weighted by Gasteiger charge is 2.19. The van der Waals surface area contributed by atoms with Crippen molar-refractivity contribution in [3.05, 3.63) is 34.9 Å².